The number of hydrogen-bond donors (Lipinski definition) is 1. The molecule has 0 aromatic rings. The van der Waals surface area contributed by atoms with Crippen LogP contribution in [-0.2, 0) is 0 Å². The van der Waals surface area contributed by atoms with E-state index in [1.807, 2.05) is 0 Å². The zero-order valence-corrected chi connectivity index (χ0v) is 8.34. The van der Waals surface area contributed by atoms with Gasteiger partial charge >= 0.3 is 0 Å². The Morgan fingerprint density at radius 2 is 2.25 bits per heavy atom. The maximum atomic E-state index is 5.92. The molecule has 0 spiro atoms. The largest absolute Gasteiger partial charge is 0.324 e. The third-order valence-corrected chi connectivity index (χ3v) is 2.41. The smallest absolute Gasteiger partial charge is 0.0226 e. The third kappa shape index (κ3) is 3.40. The Morgan fingerprint density at radius 1 is 1.50 bits per heavy atom. The van der Waals surface area contributed by atoms with Gasteiger partial charge < -0.3 is 5.73 Å². The molecule has 1 unspecified atom stereocenters. The molecule has 0 fully saturated rings. The second kappa shape index (κ2) is 4.66. The Morgan fingerprint density at radius 3 is 2.92 bits per heavy atom. The highest BCUT2D eigenvalue weighted by atomic mass is 14.6. The molecule has 0 saturated carbocycles. The van der Waals surface area contributed by atoms with Crippen LogP contribution in [0.15, 0.2) is 11.6 Å². The minimum Gasteiger partial charge on any atom is -0.324 e. The summed E-state index contributed by atoms with van der Waals surface area (Å²) in [6, 6.07) is 0.334. The van der Waals surface area contributed by atoms with Crippen molar-refractivity contribution < 1.29 is 0 Å². The number of rotatable bonds is 2. The van der Waals surface area contributed by atoms with Crippen LogP contribution in [0.3, 0.4) is 0 Å². The van der Waals surface area contributed by atoms with Crippen molar-refractivity contribution in [3.05, 3.63) is 11.6 Å². The number of allylic oxidation sites excluding steroid dienone is 1. The van der Waals surface area contributed by atoms with E-state index in [0.717, 1.165) is 5.92 Å². The number of nitrogens with two attached hydrogens (primary N) is 1. The van der Waals surface area contributed by atoms with Crippen molar-refractivity contribution in [1.29, 1.82) is 0 Å². The van der Waals surface area contributed by atoms with E-state index < -0.39 is 0 Å². The summed E-state index contributed by atoms with van der Waals surface area (Å²) in [5, 5.41) is 0. The van der Waals surface area contributed by atoms with Crippen molar-refractivity contribution >= 4 is 0 Å². The zero-order valence-electron chi connectivity index (χ0n) is 8.34. The predicted molar refractivity (Wildman–Crippen MR) is 54.0 cm³/mol. The average molecular weight is 167 g/mol. The Labute approximate surface area is 76.0 Å². The highest BCUT2D eigenvalue weighted by Gasteiger charge is 2.08. The van der Waals surface area contributed by atoms with Gasteiger partial charge in [0.05, 0.1) is 0 Å². The highest BCUT2D eigenvalue weighted by molar-refractivity contribution is 5.08. The minimum atomic E-state index is 0.334. The summed E-state index contributed by atoms with van der Waals surface area (Å²) < 4.78 is 0. The molecule has 2 N–H and O–H groups in total. The van der Waals surface area contributed by atoms with Gasteiger partial charge in [-0.05, 0) is 31.6 Å². The van der Waals surface area contributed by atoms with Crippen LogP contribution in [0.25, 0.3) is 0 Å². The van der Waals surface area contributed by atoms with Gasteiger partial charge in [0.1, 0.15) is 0 Å². The number of hydrogen-bond acceptors (Lipinski definition) is 1. The predicted octanol–water partition coefficient (Wildman–Crippen LogP) is 2.86. The van der Waals surface area contributed by atoms with Gasteiger partial charge in [0.15, 0.2) is 0 Å². The zero-order chi connectivity index (χ0) is 8.97. The van der Waals surface area contributed by atoms with E-state index in [1.165, 1.54) is 32.1 Å². The van der Waals surface area contributed by atoms with Gasteiger partial charge in [-0.1, -0.05) is 31.9 Å². The van der Waals surface area contributed by atoms with E-state index >= 15 is 0 Å². The fourth-order valence-electron chi connectivity index (χ4n) is 1.90. The molecular weight excluding hydrogens is 146 g/mol. The van der Waals surface area contributed by atoms with Crippen LogP contribution < -0.4 is 5.73 Å². The Bertz CT molecular complexity index is 158. The van der Waals surface area contributed by atoms with Crippen molar-refractivity contribution in [2.45, 2.75) is 52.0 Å². The fraction of sp³-hybridized carbons (Fsp3) is 0.818. The van der Waals surface area contributed by atoms with Gasteiger partial charge in [-0.25, -0.2) is 0 Å². The summed E-state index contributed by atoms with van der Waals surface area (Å²) >= 11 is 0. The van der Waals surface area contributed by atoms with E-state index in [0.29, 0.717) is 6.04 Å². The van der Waals surface area contributed by atoms with Crippen LogP contribution in [-0.4, -0.2) is 6.04 Å². The average Bonchev–Trinajstić information content (AvgIpc) is 2.12. The standard InChI is InChI=1S/C11H21N/c1-9(2)7-10-5-3-4-6-11(12)8-10/h8-9,11H,3-7,12H2,1-2H3. The quantitative estimate of drug-likeness (QED) is 0.629. The topological polar surface area (TPSA) is 26.0 Å². The fourth-order valence-corrected chi connectivity index (χ4v) is 1.90. The molecule has 1 rings (SSSR count). The van der Waals surface area contributed by atoms with E-state index in [1.54, 1.807) is 5.57 Å². The first kappa shape index (κ1) is 9.79. The lowest BCUT2D eigenvalue weighted by Crippen LogP contribution is -2.15. The van der Waals surface area contributed by atoms with Gasteiger partial charge in [-0.3, -0.25) is 0 Å². The van der Waals surface area contributed by atoms with Gasteiger partial charge in [0.25, 0.3) is 0 Å². The maximum Gasteiger partial charge on any atom is 0.0226 e. The van der Waals surface area contributed by atoms with E-state index in [4.69, 9.17) is 5.73 Å². The molecule has 1 nitrogen and oxygen atoms in total. The summed E-state index contributed by atoms with van der Waals surface area (Å²) in [4.78, 5) is 0. The normalized spacial score (nSPS) is 25.3. The first-order chi connectivity index (χ1) is 5.68. The van der Waals surface area contributed by atoms with E-state index in [2.05, 4.69) is 19.9 Å². The van der Waals surface area contributed by atoms with Crippen molar-refractivity contribution in [3.8, 4) is 0 Å². The molecular formula is C11H21N. The summed E-state index contributed by atoms with van der Waals surface area (Å²) in [6.45, 7) is 4.55. The summed E-state index contributed by atoms with van der Waals surface area (Å²) in [7, 11) is 0. The van der Waals surface area contributed by atoms with Crippen LogP contribution in [0.5, 0.6) is 0 Å². The van der Waals surface area contributed by atoms with Gasteiger partial charge in [0.2, 0.25) is 0 Å². The van der Waals surface area contributed by atoms with Crippen molar-refractivity contribution in [2.75, 3.05) is 0 Å². The Kier molecular flexibility index (Phi) is 3.80. The van der Waals surface area contributed by atoms with Crippen LogP contribution >= 0.6 is 0 Å². The molecule has 0 amide bonds. The SMILES string of the molecule is CC(C)CC1=CC(N)CCCC1. The van der Waals surface area contributed by atoms with Crippen LogP contribution in [0.2, 0.25) is 0 Å². The first-order valence-corrected chi connectivity index (χ1v) is 5.13. The molecule has 0 aromatic carbocycles. The molecule has 1 aliphatic rings. The van der Waals surface area contributed by atoms with Crippen LogP contribution in [0.1, 0.15) is 46.0 Å². The molecule has 0 aromatic heterocycles. The maximum absolute atomic E-state index is 5.92. The van der Waals surface area contributed by atoms with Crippen molar-refractivity contribution in [2.24, 2.45) is 11.7 Å². The lowest BCUT2D eigenvalue weighted by molar-refractivity contribution is 0.613. The lowest BCUT2D eigenvalue weighted by atomic mass is 9.99. The highest BCUT2D eigenvalue weighted by Crippen LogP contribution is 2.22. The van der Waals surface area contributed by atoms with Gasteiger partial charge in [-0.2, -0.15) is 0 Å². The summed E-state index contributed by atoms with van der Waals surface area (Å²) in [5.41, 5.74) is 7.52. The Balaban J connectivity index is 2.48. The third-order valence-electron chi connectivity index (χ3n) is 2.41. The molecule has 1 atom stereocenters. The Hall–Kier alpha value is -0.300. The molecule has 0 saturated heterocycles. The molecule has 70 valence electrons. The molecule has 0 aliphatic heterocycles. The lowest BCUT2D eigenvalue weighted by Gasteiger charge is -2.08. The summed E-state index contributed by atoms with van der Waals surface area (Å²) in [5.74, 6) is 0.779. The van der Waals surface area contributed by atoms with Crippen molar-refractivity contribution in [3.63, 3.8) is 0 Å². The monoisotopic (exact) mass is 167 g/mol. The molecule has 0 bridgehead atoms. The van der Waals surface area contributed by atoms with Gasteiger partial charge in [0, 0.05) is 6.04 Å². The second-order valence-electron chi connectivity index (χ2n) is 4.33. The molecule has 1 aliphatic carbocycles. The van der Waals surface area contributed by atoms with E-state index in [-0.39, 0.29) is 0 Å². The van der Waals surface area contributed by atoms with Crippen molar-refractivity contribution in [1.82, 2.24) is 0 Å². The second-order valence-corrected chi connectivity index (χ2v) is 4.33. The van der Waals surface area contributed by atoms with Crippen LogP contribution in [0.4, 0.5) is 0 Å². The summed E-state index contributed by atoms with van der Waals surface area (Å²) in [6.07, 6.45) is 8.65. The molecule has 0 heterocycles. The molecule has 0 radical (unpaired) electrons. The molecule has 1 heteroatoms. The first-order valence-electron chi connectivity index (χ1n) is 5.13. The van der Waals surface area contributed by atoms with Gasteiger partial charge in [-0.15, -0.1) is 0 Å². The van der Waals surface area contributed by atoms with E-state index in [9.17, 15) is 0 Å². The molecule has 12 heavy (non-hydrogen) atoms. The van der Waals surface area contributed by atoms with Crippen LogP contribution in [0, 0.1) is 5.92 Å². The minimum absolute atomic E-state index is 0.334.